The number of nitrogens with zero attached hydrogens (tertiary/aromatic N) is 4. The molecule has 3 heterocycles. The number of nitrogens with two attached hydrogens (primary N) is 1. The number of carbonyl (C=O) groups is 2. The lowest BCUT2D eigenvalue weighted by atomic mass is 10.0. The number of carbonyl (C=O) groups excluding carboxylic acids is 2. The van der Waals surface area contributed by atoms with Gasteiger partial charge < -0.3 is 25.7 Å². The van der Waals surface area contributed by atoms with Gasteiger partial charge in [-0.3, -0.25) is 9.59 Å². The lowest BCUT2D eigenvalue weighted by Crippen LogP contribution is -2.46. The van der Waals surface area contributed by atoms with Crippen LogP contribution in [0.4, 0.5) is 5.82 Å². The number of pyridine rings is 2. The third-order valence-electron chi connectivity index (χ3n) is 6.75. The van der Waals surface area contributed by atoms with Gasteiger partial charge in [0, 0.05) is 49.9 Å². The van der Waals surface area contributed by atoms with Crippen LogP contribution in [-0.4, -0.2) is 55.8 Å². The van der Waals surface area contributed by atoms with Crippen molar-refractivity contribution in [3.63, 3.8) is 0 Å². The molecule has 12 heteroatoms. The predicted molar refractivity (Wildman–Crippen MR) is 176 cm³/mol. The van der Waals surface area contributed by atoms with Crippen molar-refractivity contribution >= 4 is 61.2 Å². The molecule has 0 aliphatic rings. The lowest BCUT2D eigenvalue weighted by molar-refractivity contribution is -0.123. The van der Waals surface area contributed by atoms with Crippen LogP contribution in [0.3, 0.4) is 0 Å². The maximum Gasteiger partial charge on any atom is 0.220 e. The SMILES string of the molecule is CCOCc1nc2c(N)nc3ccccc3c2n1CC(C)(C)NC(=O)CCCCCNC(=O)CCSSc1ccccn1. The molecule has 0 saturated heterocycles. The minimum atomic E-state index is -0.550. The number of hydrogen-bond donors (Lipinski definition) is 3. The summed E-state index contributed by atoms with van der Waals surface area (Å²) >= 11 is 0. The van der Waals surface area contributed by atoms with Crippen molar-refractivity contribution < 1.29 is 14.3 Å². The fourth-order valence-corrected chi connectivity index (χ4v) is 6.66. The highest BCUT2D eigenvalue weighted by atomic mass is 33.1. The highest BCUT2D eigenvalue weighted by Crippen LogP contribution is 2.31. The van der Waals surface area contributed by atoms with E-state index in [-0.39, 0.29) is 11.8 Å². The first kappa shape index (κ1) is 32.6. The summed E-state index contributed by atoms with van der Waals surface area (Å²) in [5, 5.41) is 8.07. The zero-order valence-electron chi connectivity index (χ0n) is 25.1. The fourth-order valence-electron chi connectivity index (χ4n) is 4.79. The largest absolute Gasteiger partial charge is 0.382 e. The molecule has 0 saturated carbocycles. The van der Waals surface area contributed by atoms with E-state index in [1.807, 2.05) is 63.2 Å². The molecule has 1 aromatic carbocycles. The summed E-state index contributed by atoms with van der Waals surface area (Å²) in [6.07, 6.45) is 5.11. The van der Waals surface area contributed by atoms with E-state index in [1.165, 1.54) is 0 Å². The van der Waals surface area contributed by atoms with E-state index >= 15 is 0 Å². The second kappa shape index (κ2) is 15.9. The molecule has 2 amide bonds. The van der Waals surface area contributed by atoms with Crippen LogP contribution in [-0.2, 0) is 27.5 Å². The average Bonchev–Trinajstić information content (AvgIpc) is 3.34. The smallest absolute Gasteiger partial charge is 0.220 e. The number of imidazole rings is 1. The van der Waals surface area contributed by atoms with Crippen molar-refractivity contribution in [3.05, 3.63) is 54.5 Å². The highest BCUT2D eigenvalue weighted by Gasteiger charge is 2.26. The van der Waals surface area contributed by atoms with Crippen LogP contribution in [0.5, 0.6) is 0 Å². The molecule has 3 aromatic heterocycles. The quantitative estimate of drug-likeness (QED) is 0.103. The number of nitrogen functional groups attached to an aromatic ring is 1. The molecular weight excluding hydrogens is 583 g/mol. The Labute approximate surface area is 260 Å². The number of amides is 2. The zero-order chi connectivity index (χ0) is 30.7. The standard InChI is InChI=1S/C31H41N7O3S2/c1-4-41-20-24-36-28-29(22-12-7-8-13-23(22)35-30(28)32)38(24)21-31(2,3)37-26(40)14-6-5-10-17-33-25(39)16-19-42-43-27-15-9-11-18-34-27/h7-9,11-13,15,18H,4-6,10,14,16-17,19-21H2,1-3H3,(H2,32,35)(H,33,39)(H,37,40). The summed E-state index contributed by atoms with van der Waals surface area (Å²) in [6, 6.07) is 13.7. The number of hydrogen-bond acceptors (Lipinski definition) is 9. The molecule has 0 fully saturated rings. The van der Waals surface area contributed by atoms with E-state index in [2.05, 4.69) is 25.2 Å². The Bertz CT molecular complexity index is 1510. The Morgan fingerprint density at radius 1 is 1.02 bits per heavy atom. The van der Waals surface area contributed by atoms with Gasteiger partial charge >= 0.3 is 0 Å². The van der Waals surface area contributed by atoms with Gasteiger partial charge in [-0.25, -0.2) is 15.0 Å². The molecule has 4 rings (SSSR count). The molecule has 0 unspecified atom stereocenters. The lowest BCUT2D eigenvalue weighted by Gasteiger charge is -2.28. The summed E-state index contributed by atoms with van der Waals surface area (Å²) in [7, 11) is 3.20. The third-order valence-corrected chi connectivity index (χ3v) is 9.02. The number of rotatable bonds is 17. The molecule has 0 aliphatic carbocycles. The van der Waals surface area contributed by atoms with Gasteiger partial charge in [-0.15, -0.1) is 0 Å². The van der Waals surface area contributed by atoms with Gasteiger partial charge in [-0.05, 0) is 62.6 Å². The van der Waals surface area contributed by atoms with Gasteiger partial charge in [0.1, 0.15) is 23.0 Å². The highest BCUT2D eigenvalue weighted by molar-refractivity contribution is 8.76. The maximum atomic E-state index is 12.9. The Hall–Kier alpha value is -3.35. The van der Waals surface area contributed by atoms with Crippen LogP contribution in [0.1, 0.15) is 58.7 Å². The molecule has 4 aromatic rings. The Balaban J connectivity index is 1.22. The number of ether oxygens (including phenoxy) is 1. The topological polar surface area (TPSA) is 137 Å². The second-order valence-electron chi connectivity index (χ2n) is 10.9. The monoisotopic (exact) mass is 623 g/mol. The van der Waals surface area contributed by atoms with Crippen LogP contribution in [0.25, 0.3) is 21.9 Å². The van der Waals surface area contributed by atoms with Gasteiger partial charge in [0.2, 0.25) is 11.8 Å². The Kier molecular flexibility index (Phi) is 12.1. The average molecular weight is 624 g/mol. The van der Waals surface area contributed by atoms with Crippen LogP contribution in [0.2, 0.25) is 0 Å². The molecule has 4 N–H and O–H groups in total. The number of nitrogens with one attached hydrogen (secondary N) is 2. The van der Waals surface area contributed by atoms with E-state index in [0.717, 1.165) is 52.3 Å². The summed E-state index contributed by atoms with van der Waals surface area (Å²) in [6.45, 7) is 7.98. The van der Waals surface area contributed by atoms with Gasteiger partial charge in [0.25, 0.3) is 0 Å². The summed E-state index contributed by atoms with van der Waals surface area (Å²) < 4.78 is 7.82. The molecule has 0 atom stereocenters. The van der Waals surface area contributed by atoms with Gasteiger partial charge in [-0.1, -0.05) is 41.5 Å². The van der Waals surface area contributed by atoms with Crippen molar-refractivity contribution in [2.24, 2.45) is 0 Å². The summed E-state index contributed by atoms with van der Waals surface area (Å²) in [5.74, 6) is 1.90. The molecule has 0 spiro atoms. The van der Waals surface area contributed by atoms with Crippen LogP contribution in [0, 0.1) is 0 Å². The number of anilines is 1. The first-order chi connectivity index (χ1) is 20.8. The van der Waals surface area contributed by atoms with Crippen LogP contribution < -0.4 is 16.4 Å². The van der Waals surface area contributed by atoms with Crippen molar-refractivity contribution in [2.75, 3.05) is 24.6 Å². The first-order valence-electron chi connectivity index (χ1n) is 14.7. The number of benzene rings is 1. The molecule has 0 aliphatic heterocycles. The first-order valence-corrected chi connectivity index (χ1v) is 17.0. The minimum absolute atomic E-state index is 0.00159. The minimum Gasteiger partial charge on any atom is -0.382 e. The number of fused-ring (bicyclic) bond motifs is 3. The maximum absolute atomic E-state index is 12.9. The van der Waals surface area contributed by atoms with Crippen molar-refractivity contribution in [1.29, 1.82) is 0 Å². The fraction of sp³-hybridized carbons (Fsp3) is 0.452. The molecule has 10 nitrogen and oxygen atoms in total. The van der Waals surface area contributed by atoms with Gasteiger partial charge in [-0.2, -0.15) is 0 Å². The number of aromatic nitrogens is 4. The zero-order valence-corrected chi connectivity index (χ0v) is 26.7. The Morgan fingerprint density at radius 2 is 1.84 bits per heavy atom. The van der Waals surface area contributed by atoms with E-state index in [9.17, 15) is 9.59 Å². The second-order valence-corrected chi connectivity index (χ2v) is 13.3. The van der Waals surface area contributed by atoms with Gasteiger partial charge in [0.05, 0.1) is 16.6 Å². The molecular formula is C31H41N7O3S2. The number of para-hydroxylation sites is 1. The molecule has 0 bridgehead atoms. The van der Waals surface area contributed by atoms with E-state index in [0.29, 0.717) is 50.5 Å². The predicted octanol–water partition coefficient (Wildman–Crippen LogP) is 5.50. The van der Waals surface area contributed by atoms with E-state index < -0.39 is 5.54 Å². The van der Waals surface area contributed by atoms with Crippen LogP contribution >= 0.6 is 21.6 Å². The van der Waals surface area contributed by atoms with Crippen LogP contribution in [0.15, 0.2) is 53.7 Å². The van der Waals surface area contributed by atoms with E-state index in [4.69, 9.17) is 15.5 Å². The summed E-state index contributed by atoms with van der Waals surface area (Å²) in [5.41, 5.74) is 8.10. The van der Waals surface area contributed by atoms with E-state index in [1.54, 1.807) is 27.8 Å². The van der Waals surface area contributed by atoms with Crippen molar-refractivity contribution in [2.45, 2.75) is 76.6 Å². The molecule has 0 radical (unpaired) electrons. The summed E-state index contributed by atoms with van der Waals surface area (Å²) in [4.78, 5) is 38.6. The molecule has 230 valence electrons. The Morgan fingerprint density at radius 3 is 2.63 bits per heavy atom. The van der Waals surface area contributed by atoms with Gasteiger partial charge in [0.15, 0.2) is 5.82 Å². The number of unbranched alkanes of at least 4 members (excludes halogenated alkanes) is 2. The van der Waals surface area contributed by atoms with Crippen molar-refractivity contribution in [3.8, 4) is 0 Å². The third kappa shape index (κ3) is 9.57. The normalized spacial score (nSPS) is 11.7. The van der Waals surface area contributed by atoms with Crippen molar-refractivity contribution in [1.82, 2.24) is 30.2 Å². The molecule has 43 heavy (non-hydrogen) atoms.